The van der Waals surface area contributed by atoms with Crippen LogP contribution in [0.25, 0.3) is 0 Å². The van der Waals surface area contributed by atoms with Crippen molar-refractivity contribution in [2.75, 3.05) is 6.61 Å². The van der Waals surface area contributed by atoms with Crippen LogP contribution in [0.5, 0.6) is 0 Å². The number of aliphatic hydroxyl groups excluding tert-OH is 1. The van der Waals surface area contributed by atoms with Gasteiger partial charge in [-0.2, -0.15) is 0 Å². The first-order valence-electron chi connectivity index (χ1n) is 4.07. The molecule has 0 saturated carbocycles. The van der Waals surface area contributed by atoms with Gasteiger partial charge < -0.3 is 9.84 Å². The average Bonchev–Trinajstić information content (AvgIpc) is 2.03. The first-order chi connectivity index (χ1) is 5.90. The number of hydrogen-bond donors (Lipinski definition) is 1. The van der Waals surface area contributed by atoms with Crippen molar-refractivity contribution in [3.05, 3.63) is 29.6 Å². The zero-order valence-electron chi connectivity index (χ0n) is 6.73. The summed E-state index contributed by atoms with van der Waals surface area (Å²) in [5.41, 5.74) is 1.82. The quantitative estimate of drug-likeness (QED) is 0.711. The van der Waals surface area contributed by atoms with Crippen LogP contribution in [0.1, 0.15) is 23.8 Å². The predicted molar refractivity (Wildman–Crippen MR) is 43.5 cm³/mol. The lowest BCUT2D eigenvalue weighted by Gasteiger charge is -2.26. The molecule has 0 bridgehead atoms. The van der Waals surface area contributed by atoms with Crippen molar-refractivity contribution >= 4 is 0 Å². The summed E-state index contributed by atoms with van der Waals surface area (Å²) in [7, 11) is 0. The maximum atomic E-state index is 8.74. The van der Waals surface area contributed by atoms with E-state index in [0.717, 1.165) is 18.6 Å². The van der Waals surface area contributed by atoms with Crippen molar-refractivity contribution < 1.29 is 9.84 Å². The molecule has 64 valence electrons. The van der Waals surface area contributed by atoms with Crippen molar-refractivity contribution in [3.63, 3.8) is 0 Å². The highest BCUT2D eigenvalue weighted by Crippen LogP contribution is 2.28. The molecule has 1 N–H and O–H groups in total. The normalized spacial score (nSPS) is 21.9. The molecule has 1 aliphatic rings. The number of pyridine rings is 1. The lowest BCUT2D eigenvalue weighted by Crippen LogP contribution is -2.18. The molecule has 12 heavy (non-hydrogen) atoms. The van der Waals surface area contributed by atoms with Gasteiger partial charge in [0.25, 0.3) is 0 Å². The third-order valence-electron chi connectivity index (χ3n) is 2.08. The molecule has 0 spiro atoms. The van der Waals surface area contributed by atoms with Gasteiger partial charge in [-0.1, -0.05) is 6.07 Å². The number of hydrogen-bond acceptors (Lipinski definition) is 3. The van der Waals surface area contributed by atoms with Gasteiger partial charge in [-0.3, -0.25) is 4.98 Å². The Morgan fingerprint density at radius 1 is 1.58 bits per heavy atom. The molecule has 0 radical (unpaired) electrons. The van der Waals surface area contributed by atoms with Crippen LogP contribution in [0.4, 0.5) is 0 Å². The summed E-state index contributed by atoms with van der Waals surface area (Å²) < 4.78 is 5.29. The first kappa shape index (κ1) is 7.71. The van der Waals surface area contributed by atoms with Gasteiger partial charge in [0, 0.05) is 12.6 Å². The molecule has 3 heteroatoms. The minimum atomic E-state index is 0.00576. The second-order valence-corrected chi connectivity index (χ2v) is 2.89. The van der Waals surface area contributed by atoms with Crippen molar-refractivity contribution in [1.29, 1.82) is 0 Å². The second kappa shape index (κ2) is 3.21. The van der Waals surface area contributed by atoms with Gasteiger partial charge in [0.05, 0.1) is 25.0 Å². The molecular formula is C9H11NO2. The van der Waals surface area contributed by atoms with Gasteiger partial charge in [-0.05, 0) is 11.6 Å². The molecule has 3 nitrogen and oxygen atoms in total. The van der Waals surface area contributed by atoms with Crippen molar-refractivity contribution in [1.82, 2.24) is 4.98 Å². The van der Waals surface area contributed by atoms with Gasteiger partial charge in [-0.15, -0.1) is 0 Å². The van der Waals surface area contributed by atoms with Crippen molar-refractivity contribution in [2.24, 2.45) is 0 Å². The molecule has 1 unspecified atom stereocenters. The van der Waals surface area contributed by atoms with E-state index in [4.69, 9.17) is 9.84 Å². The Morgan fingerprint density at radius 3 is 2.83 bits per heavy atom. The molecule has 1 fully saturated rings. The van der Waals surface area contributed by atoms with Crippen LogP contribution in [-0.4, -0.2) is 16.7 Å². The van der Waals surface area contributed by atoms with Crippen LogP contribution in [0, 0.1) is 0 Å². The Labute approximate surface area is 71.0 Å². The first-order valence-corrected chi connectivity index (χ1v) is 4.07. The van der Waals surface area contributed by atoms with Crippen LogP contribution < -0.4 is 0 Å². The van der Waals surface area contributed by atoms with E-state index in [1.54, 1.807) is 6.20 Å². The van der Waals surface area contributed by atoms with E-state index < -0.39 is 0 Å². The van der Waals surface area contributed by atoms with Gasteiger partial charge in [0.15, 0.2) is 0 Å². The number of aliphatic hydroxyl groups is 1. The fourth-order valence-electron chi connectivity index (χ4n) is 1.22. The molecule has 2 rings (SSSR count). The number of rotatable bonds is 2. The summed E-state index contributed by atoms with van der Waals surface area (Å²) in [4.78, 5) is 4.07. The lowest BCUT2D eigenvalue weighted by molar-refractivity contribution is -0.0529. The SMILES string of the molecule is OCc1ccc(C2CCO2)cn1. The van der Waals surface area contributed by atoms with Gasteiger partial charge in [0.2, 0.25) is 0 Å². The second-order valence-electron chi connectivity index (χ2n) is 2.89. The smallest absolute Gasteiger partial charge is 0.0861 e. The van der Waals surface area contributed by atoms with Gasteiger partial charge >= 0.3 is 0 Å². The van der Waals surface area contributed by atoms with Crippen LogP contribution in [0.2, 0.25) is 0 Å². The summed E-state index contributed by atoms with van der Waals surface area (Å²) >= 11 is 0. The highest BCUT2D eigenvalue weighted by atomic mass is 16.5. The zero-order valence-corrected chi connectivity index (χ0v) is 6.73. The molecule has 0 aliphatic carbocycles. The molecule has 1 saturated heterocycles. The Hall–Kier alpha value is -0.930. The number of aromatic nitrogens is 1. The summed E-state index contributed by atoms with van der Waals surface area (Å²) in [5, 5.41) is 8.74. The van der Waals surface area contributed by atoms with Crippen LogP contribution in [-0.2, 0) is 11.3 Å². The van der Waals surface area contributed by atoms with Crippen LogP contribution >= 0.6 is 0 Å². The highest BCUT2D eigenvalue weighted by Gasteiger charge is 2.19. The average molecular weight is 165 g/mol. The fraction of sp³-hybridized carbons (Fsp3) is 0.444. The summed E-state index contributed by atoms with van der Waals surface area (Å²) in [6.45, 7) is 0.859. The van der Waals surface area contributed by atoms with Crippen LogP contribution in [0.15, 0.2) is 18.3 Å². The molecule has 1 aromatic heterocycles. The predicted octanol–water partition coefficient (Wildman–Crippen LogP) is 1.04. The number of nitrogens with zero attached hydrogens (tertiary/aromatic N) is 1. The van der Waals surface area contributed by atoms with E-state index in [9.17, 15) is 0 Å². The van der Waals surface area contributed by atoms with E-state index in [0.29, 0.717) is 5.69 Å². The van der Waals surface area contributed by atoms with E-state index >= 15 is 0 Å². The monoisotopic (exact) mass is 165 g/mol. The van der Waals surface area contributed by atoms with E-state index in [1.165, 1.54) is 0 Å². The molecule has 2 heterocycles. The largest absolute Gasteiger partial charge is 0.390 e. The maximum absolute atomic E-state index is 8.74. The lowest BCUT2D eigenvalue weighted by atomic mass is 10.1. The Bertz CT molecular complexity index is 254. The molecule has 0 amide bonds. The standard InChI is InChI=1S/C9H11NO2/c11-6-8-2-1-7(5-10-8)9-3-4-12-9/h1-2,5,9,11H,3-4,6H2. The summed E-state index contributed by atoms with van der Waals surface area (Å²) in [6.07, 6.45) is 3.10. The Kier molecular flexibility index (Phi) is 2.06. The van der Waals surface area contributed by atoms with E-state index in [1.807, 2.05) is 12.1 Å². The molecule has 1 aromatic rings. The van der Waals surface area contributed by atoms with Gasteiger partial charge in [-0.25, -0.2) is 0 Å². The topological polar surface area (TPSA) is 42.4 Å². The fourth-order valence-corrected chi connectivity index (χ4v) is 1.22. The summed E-state index contributed by atoms with van der Waals surface area (Å²) in [5.74, 6) is 0. The highest BCUT2D eigenvalue weighted by molar-refractivity contribution is 5.17. The molecule has 1 aliphatic heterocycles. The number of ether oxygens (including phenoxy) is 1. The maximum Gasteiger partial charge on any atom is 0.0861 e. The molecule has 1 atom stereocenters. The van der Waals surface area contributed by atoms with Gasteiger partial charge in [0.1, 0.15) is 0 Å². The van der Waals surface area contributed by atoms with Crippen molar-refractivity contribution in [2.45, 2.75) is 19.1 Å². The minimum absolute atomic E-state index is 0.00576. The molecule has 0 aromatic carbocycles. The van der Waals surface area contributed by atoms with Crippen LogP contribution in [0.3, 0.4) is 0 Å². The molecular weight excluding hydrogens is 154 g/mol. The third-order valence-corrected chi connectivity index (χ3v) is 2.08. The Balaban J connectivity index is 2.13. The van der Waals surface area contributed by atoms with Crippen molar-refractivity contribution in [3.8, 4) is 0 Å². The van der Waals surface area contributed by atoms with E-state index in [2.05, 4.69) is 4.98 Å². The van der Waals surface area contributed by atoms with E-state index in [-0.39, 0.29) is 12.7 Å². The zero-order chi connectivity index (χ0) is 8.39. The minimum Gasteiger partial charge on any atom is -0.390 e. The Morgan fingerprint density at radius 2 is 2.42 bits per heavy atom. The summed E-state index contributed by atoms with van der Waals surface area (Å²) in [6, 6.07) is 3.79. The third kappa shape index (κ3) is 1.33.